The van der Waals surface area contributed by atoms with Gasteiger partial charge in [-0.05, 0) is 57.1 Å². The van der Waals surface area contributed by atoms with Crippen LogP contribution in [0.25, 0.3) is 5.65 Å². The fourth-order valence-electron chi connectivity index (χ4n) is 4.50. The molecule has 1 aliphatic carbocycles. The van der Waals surface area contributed by atoms with Crippen LogP contribution in [0.1, 0.15) is 44.9 Å². The zero-order valence-electron chi connectivity index (χ0n) is 16.7. The van der Waals surface area contributed by atoms with Gasteiger partial charge < -0.3 is 9.80 Å². The summed E-state index contributed by atoms with van der Waals surface area (Å²) >= 11 is 0. The third kappa shape index (κ3) is 3.80. The van der Waals surface area contributed by atoms with E-state index in [2.05, 4.69) is 25.2 Å². The van der Waals surface area contributed by atoms with Crippen LogP contribution in [0, 0.1) is 11.8 Å². The number of rotatable bonds is 4. The molecule has 0 spiro atoms. The number of fused-ring (bicyclic) bond motifs is 1. The molecule has 3 aliphatic rings. The van der Waals surface area contributed by atoms with Crippen LogP contribution in [-0.4, -0.2) is 57.5 Å². The van der Waals surface area contributed by atoms with Crippen LogP contribution in [-0.2, 0) is 9.59 Å². The monoisotopic (exact) mass is 396 g/mol. The highest BCUT2D eigenvalue weighted by molar-refractivity contribution is 5.92. The summed E-state index contributed by atoms with van der Waals surface area (Å²) in [4.78, 5) is 33.8. The van der Waals surface area contributed by atoms with Crippen LogP contribution in [0.2, 0.25) is 0 Å². The van der Waals surface area contributed by atoms with Gasteiger partial charge in [-0.1, -0.05) is 6.07 Å². The van der Waals surface area contributed by atoms with Crippen molar-refractivity contribution in [2.24, 2.45) is 11.8 Å². The van der Waals surface area contributed by atoms with Gasteiger partial charge in [-0.15, -0.1) is 5.10 Å². The molecular weight excluding hydrogens is 368 g/mol. The second-order valence-electron chi connectivity index (χ2n) is 8.52. The normalized spacial score (nSPS) is 22.7. The minimum atomic E-state index is 0.00706. The highest BCUT2D eigenvalue weighted by Gasteiger charge is 2.32. The molecule has 8 nitrogen and oxygen atoms in total. The van der Waals surface area contributed by atoms with E-state index in [1.807, 2.05) is 18.2 Å². The van der Waals surface area contributed by atoms with Crippen molar-refractivity contribution in [1.82, 2.24) is 19.5 Å². The molecule has 2 aromatic rings. The van der Waals surface area contributed by atoms with E-state index in [1.54, 1.807) is 4.52 Å². The molecule has 0 bridgehead atoms. The molecule has 2 aliphatic heterocycles. The van der Waals surface area contributed by atoms with Gasteiger partial charge in [-0.2, -0.15) is 9.50 Å². The predicted molar refractivity (Wildman–Crippen MR) is 110 cm³/mol. The summed E-state index contributed by atoms with van der Waals surface area (Å²) in [6.45, 7) is 3.40. The Hall–Kier alpha value is -2.64. The van der Waals surface area contributed by atoms with E-state index in [1.165, 1.54) is 6.42 Å². The van der Waals surface area contributed by atoms with Crippen LogP contribution in [0.4, 0.5) is 11.8 Å². The lowest BCUT2D eigenvalue weighted by Crippen LogP contribution is -2.46. The first-order valence-electron chi connectivity index (χ1n) is 10.9. The number of carbonyl (C=O) groups is 2. The fourth-order valence-corrected chi connectivity index (χ4v) is 4.50. The Morgan fingerprint density at radius 1 is 0.966 bits per heavy atom. The summed E-state index contributed by atoms with van der Waals surface area (Å²) in [5.74, 6) is 1.75. The molecule has 2 saturated heterocycles. The van der Waals surface area contributed by atoms with Crippen molar-refractivity contribution in [2.45, 2.75) is 44.9 Å². The molecular formula is C21H28N6O2. The van der Waals surface area contributed by atoms with Crippen LogP contribution in [0.15, 0.2) is 18.2 Å². The number of hydrogen-bond donors (Lipinski definition) is 1. The zero-order chi connectivity index (χ0) is 19.8. The number of piperidine rings is 2. The SMILES string of the molecule is O=C(Nc1nc2cccc(N3CCCC(C(=O)N4CCCCC4)C3)n2n1)C1CC1. The first kappa shape index (κ1) is 18.4. The predicted octanol–water partition coefficient (Wildman–Crippen LogP) is 2.31. The Morgan fingerprint density at radius 2 is 1.79 bits per heavy atom. The molecule has 0 radical (unpaired) electrons. The van der Waals surface area contributed by atoms with Gasteiger partial charge in [0.05, 0.1) is 5.92 Å². The van der Waals surface area contributed by atoms with E-state index in [9.17, 15) is 9.59 Å². The number of amides is 2. The Bertz CT molecular complexity index is 915. The second kappa shape index (κ2) is 7.65. The quantitative estimate of drug-likeness (QED) is 0.858. The van der Waals surface area contributed by atoms with Crippen molar-refractivity contribution in [3.05, 3.63) is 18.2 Å². The summed E-state index contributed by atoms with van der Waals surface area (Å²) in [6, 6.07) is 5.87. The Kier molecular flexibility index (Phi) is 4.85. The topological polar surface area (TPSA) is 82.8 Å². The lowest BCUT2D eigenvalue weighted by molar-refractivity contribution is -0.136. The fraction of sp³-hybridized carbons (Fsp3) is 0.619. The molecule has 29 heavy (non-hydrogen) atoms. The average Bonchev–Trinajstić information content (AvgIpc) is 3.54. The standard InChI is InChI=1S/C21H28N6O2/c28-19(15-9-10-15)23-21-22-17-7-4-8-18(27(17)24-21)26-13-5-6-16(14-26)20(29)25-11-2-1-3-12-25/h4,7-8,15-16H,1-3,5-6,9-14H2,(H,23,24,28). The summed E-state index contributed by atoms with van der Waals surface area (Å²) in [5.41, 5.74) is 0.707. The van der Waals surface area contributed by atoms with Gasteiger partial charge in [0.15, 0.2) is 5.65 Å². The molecule has 1 saturated carbocycles. The molecule has 8 heteroatoms. The number of anilines is 2. The maximum absolute atomic E-state index is 13.0. The van der Waals surface area contributed by atoms with Gasteiger partial charge in [0.1, 0.15) is 5.82 Å². The van der Waals surface area contributed by atoms with Gasteiger partial charge in [-0.3, -0.25) is 14.9 Å². The molecule has 3 fully saturated rings. The number of hydrogen-bond acceptors (Lipinski definition) is 5. The maximum atomic E-state index is 13.0. The summed E-state index contributed by atoms with van der Waals surface area (Å²) in [5, 5.41) is 7.37. The van der Waals surface area contributed by atoms with Gasteiger partial charge in [0.2, 0.25) is 17.8 Å². The highest BCUT2D eigenvalue weighted by Crippen LogP contribution is 2.30. The van der Waals surface area contributed by atoms with Crippen molar-refractivity contribution in [1.29, 1.82) is 0 Å². The van der Waals surface area contributed by atoms with Crippen molar-refractivity contribution in [2.75, 3.05) is 36.4 Å². The van der Waals surface area contributed by atoms with Crippen LogP contribution in [0.3, 0.4) is 0 Å². The van der Waals surface area contributed by atoms with Gasteiger partial charge in [-0.25, -0.2) is 0 Å². The first-order chi connectivity index (χ1) is 14.2. The number of likely N-dealkylation sites (tertiary alicyclic amines) is 1. The zero-order valence-corrected chi connectivity index (χ0v) is 16.7. The first-order valence-corrected chi connectivity index (χ1v) is 10.9. The summed E-state index contributed by atoms with van der Waals surface area (Å²) < 4.78 is 1.79. The van der Waals surface area contributed by atoms with Crippen molar-refractivity contribution < 1.29 is 9.59 Å². The molecule has 2 amide bonds. The molecule has 4 heterocycles. The third-order valence-corrected chi connectivity index (χ3v) is 6.29. The lowest BCUT2D eigenvalue weighted by Gasteiger charge is -2.37. The van der Waals surface area contributed by atoms with Crippen LogP contribution < -0.4 is 10.2 Å². The van der Waals surface area contributed by atoms with E-state index < -0.39 is 0 Å². The molecule has 1 atom stereocenters. The van der Waals surface area contributed by atoms with Crippen molar-refractivity contribution in [3.63, 3.8) is 0 Å². The Morgan fingerprint density at radius 3 is 2.59 bits per heavy atom. The minimum absolute atomic E-state index is 0.00706. The van der Waals surface area contributed by atoms with Gasteiger partial charge in [0.25, 0.3) is 0 Å². The van der Waals surface area contributed by atoms with Crippen molar-refractivity contribution in [3.8, 4) is 0 Å². The van der Waals surface area contributed by atoms with E-state index in [0.717, 1.165) is 64.0 Å². The molecule has 1 N–H and O–H groups in total. The third-order valence-electron chi connectivity index (χ3n) is 6.29. The van der Waals surface area contributed by atoms with Crippen LogP contribution >= 0.6 is 0 Å². The average molecular weight is 396 g/mol. The number of carbonyl (C=O) groups excluding carboxylic acids is 2. The number of pyridine rings is 1. The maximum Gasteiger partial charge on any atom is 0.249 e. The Balaban J connectivity index is 1.34. The van der Waals surface area contributed by atoms with Gasteiger partial charge in [0, 0.05) is 32.1 Å². The van der Waals surface area contributed by atoms with Crippen molar-refractivity contribution >= 4 is 29.2 Å². The van der Waals surface area contributed by atoms with Crippen LogP contribution in [0.5, 0.6) is 0 Å². The Labute approximate surface area is 170 Å². The molecule has 154 valence electrons. The largest absolute Gasteiger partial charge is 0.356 e. The highest BCUT2D eigenvalue weighted by atomic mass is 16.2. The molecule has 2 aromatic heterocycles. The number of aromatic nitrogens is 3. The van der Waals surface area contributed by atoms with E-state index in [4.69, 9.17) is 0 Å². The van der Waals surface area contributed by atoms with E-state index in [0.29, 0.717) is 24.0 Å². The lowest BCUT2D eigenvalue weighted by atomic mass is 9.95. The molecule has 5 rings (SSSR count). The smallest absolute Gasteiger partial charge is 0.249 e. The summed E-state index contributed by atoms with van der Waals surface area (Å²) in [6.07, 6.45) is 7.30. The van der Waals surface area contributed by atoms with Gasteiger partial charge >= 0.3 is 0 Å². The summed E-state index contributed by atoms with van der Waals surface area (Å²) in [7, 11) is 0. The number of nitrogens with one attached hydrogen (secondary N) is 1. The molecule has 0 aromatic carbocycles. The molecule has 1 unspecified atom stereocenters. The number of nitrogens with zero attached hydrogens (tertiary/aromatic N) is 5. The van der Waals surface area contributed by atoms with E-state index in [-0.39, 0.29) is 17.7 Å². The minimum Gasteiger partial charge on any atom is -0.356 e. The van der Waals surface area contributed by atoms with E-state index >= 15 is 0 Å². The second-order valence-corrected chi connectivity index (χ2v) is 8.52.